The van der Waals surface area contributed by atoms with Gasteiger partial charge in [0, 0.05) is 42.9 Å². The van der Waals surface area contributed by atoms with Crippen LogP contribution in [0.5, 0.6) is 0 Å². The quantitative estimate of drug-likeness (QED) is 0.152. The van der Waals surface area contributed by atoms with Gasteiger partial charge in [0.05, 0.1) is 26.8 Å². The molecule has 17 rings (SSSR count). The molecule has 83 heavy (non-hydrogen) atoms. The van der Waals surface area contributed by atoms with E-state index >= 15 is 0 Å². The van der Waals surface area contributed by atoms with Crippen LogP contribution in [0, 0.1) is 0 Å². The highest BCUT2D eigenvalue weighted by Gasteiger charge is 2.46. The molecule has 3 heterocycles. The maximum atomic E-state index is 5.45. The second kappa shape index (κ2) is 18.7. The molecule has 0 fully saturated rings. The van der Waals surface area contributed by atoms with Crippen molar-refractivity contribution in [3.8, 4) is 73.2 Å². The molecule has 0 saturated heterocycles. The molecule has 1 aliphatic carbocycles. The van der Waals surface area contributed by atoms with E-state index in [1.165, 1.54) is 109 Å². The topological polar surface area (TPSA) is 43.6 Å². The SMILES string of the molecule is c1ccc(-c2ccc3c(c2)c2c4ccccc4c(-c4ccccc4)cc2n3-c2cccc3c2sc2cc(-c4nc(-c5ccc6c(c5)-c5ccccc5C6(c5ccccc5)c5ccccc5)nc(-c5ccc6ccccc6c5)n4)ccc23)cc1. The largest absolute Gasteiger partial charge is 0.308 e. The van der Waals surface area contributed by atoms with Crippen molar-refractivity contribution >= 4 is 74.9 Å². The van der Waals surface area contributed by atoms with Crippen LogP contribution in [0.25, 0.3) is 137 Å². The molecular weight excluding hydrogens is 1020 g/mol. The molecule has 0 N–H and O–H groups in total. The minimum atomic E-state index is -0.514. The van der Waals surface area contributed by atoms with Crippen molar-refractivity contribution in [1.29, 1.82) is 0 Å². The Kier molecular flexibility index (Phi) is 10.7. The zero-order valence-corrected chi connectivity index (χ0v) is 45.7. The van der Waals surface area contributed by atoms with Crippen LogP contribution < -0.4 is 0 Å². The Balaban J connectivity index is 0.858. The van der Waals surface area contributed by atoms with Gasteiger partial charge in [-0.25, -0.2) is 15.0 Å². The lowest BCUT2D eigenvalue weighted by Crippen LogP contribution is -2.28. The molecule has 4 nitrogen and oxygen atoms in total. The van der Waals surface area contributed by atoms with Gasteiger partial charge in [-0.3, -0.25) is 0 Å². The van der Waals surface area contributed by atoms with Crippen molar-refractivity contribution in [3.63, 3.8) is 0 Å². The van der Waals surface area contributed by atoms with Crippen LogP contribution in [0.15, 0.2) is 291 Å². The van der Waals surface area contributed by atoms with E-state index in [9.17, 15) is 0 Å². The number of fused-ring (bicyclic) bond motifs is 12. The Bertz CT molecular complexity index is 5220. The molecule has 0 radical (unpaired) electrons. The van der Waals surface area contributed by atoms with E-state index in [1.54, 1.807) is 0 Å². The summed E-state index contributed by atoms with van der Waals surface area (Å²) in [5.74, 6) is 1.87. The zero-order chi connectivity index (χ0) is 54.6. The molecule has 5 heteroatoms. The second-order valence-corrected chi connectivity index (χ2v) is 22.8. The van der Waals surface area contributed by atoms with Crippen molar-refractivity contribution in [2.75, 3.05) is 0 Å². The summed E-state index contributed by atoms with van der Waals surface area (Å²) in [6, 6.07) is 106. The first kappa shape index (κ1) is 47.2. The summed E-state index contributed by atoms with van der Waals surface area (Å²) < 4.78 is 4.90. The van der Waals surface area contributed by atoms with Crippen molar-refractivity contribution in [2.24, 2.45) is 0 Å². The highest BCUT2D eigenvalue weighted by molar-refractivity contribution is 7.26. The lowest BCUT2D eigenvalue weighted by atomic mass is 9.67. The number of benzene rings is 13. The van der Waals surface area contributed by atoms with E-state index in [0.29, 0.717) is 17.5 Å². The Hall–Kier alpha value is -10.6. The predicted molar refractivity (Wildman–Crippen MR) is 347 cm³/mol. The first-order valence-electron chi connectivity index (χ1n) is 28.3. The number of nitrogens with zero attached hydrogens (tertiary/aromatic N) is 4. The van der Waals surface area contributed by atoms with E-state index in [4.69, 9.17) is 15.0 Å². The predicted octanol–water partition coefficient (Wildman–Crippen LogP) is 20.3. The van der Waals surface area contributed by atoms with Gasteiger partial charge in [0.25, 0.3) is 0 Å². The van der Waals surface area contributed by atoms with Gasteiger partial charge in [0.1, 0.15) is 0 Å². The van der Waals surface area contributed by atoms with Gasteiger partial charge >= 0.3 is 0 Å². The fourth-order valence-electron chi connectivity index (χ4n) is 13.6. The van der Waals surface area contributed by atoms with E-state index in [2.05, 4.69) is 296 Å². The summed E-state index contributed by atoms with van der Waals surface area (Å²) in [5.41, 5.74) is 17.9. The van der Waals surface area contributed by atoms with Crippen molar-refractivity contribution < 1.29 is 0 Å². The number of aromatic nitrogens is 4. The molecule has 16 aromatic rings. The van der Waals surface area contributed by atoms with Crippen LogP contribution in [0.2, 0.25) is 0 Å². The Labute approximate surface area is 483 Å². The van der Waals surface area contributed by atoms with Crippen LogP contribution in [0.1, 0.15) is 22.3 Å². The van der Waals surface area contributed by atoms with Gasteiger partial charge in [-0.15, -0.1) is 11.3 Å². The standard InChI is InChI=1S/C78H48N4S/c1-5-20-49(21-6-1)53-40-43-69-66(45-53)73-62-32-16-15-30-59(62)64(51-23-7-2-8-24-51)48-71(73)82(69)70-35-19-33-63-61-41-38-56(47-72(61)83-74(63)70)77-80-75(54-37-36-50-22-13-14-25-52(50)44-54)79-76(81-77)55-39-42-68-65(46-55)60-31-17-18-34-67(60)78(68,57-26-9-3-10-27-57)58-28-11-4-12-29-58/h1-48H. The molecule has 386 valence electrons. The Morgan fingerprint density at radius 3 is 1.61 bits per heavy atom. The van der Waals surface area contributed by atoms with Gasteiger partial charge in [-0.1, -0.05) is 249 Å². The molecule has 0 amide bonds. The molecule has 0 spiro atoms. The van der Waals surface area contributed by atoms with Gasteiger partial charge < -0.3 is 4.57 Å². The van der Waals surface area contributed by atoms with Gasteiger partial charge in [-0.2, -0.15) is 0 Å². The molecule has 1 aliphatic rings. The lowest BCUT2D eigenvalue weighted by Gasteiger charge is -2.33. The summed E-state index contributed by atoms with van der Waals surface area (Å²) in [4.78, 5) is 16.2. The normalized spacial score (nSPS) is 12.7. The molecule has 0 unspecified atom stereocenters. The maximum Gasteiger partial charge on any atom is 0.164 e. The summed E-state index contributed by atoms with van der Waals surface area (Å²) in [6.07, 6.45) is 0. The average Bonchev–Trinajstić information content (AvgIpc) is 2.47. The number of hydrogen-bond acceptors (Lipinski definition) is 4. The maximum absolute atomic E-state index is 5.45. The first-order chi connectivity index (χ1) is 41.1. The summed E-state index contributed by atoms with van der Waals surface area (Å²) in [5, 5.41) is 9.66. The third kappa shape index (κ3) is 7.35. The Morgan fingerprint density at radius 1 is 0.301 bits per heavy atom. The number of rotatable bonds is 8. The highest BCUT2D eigenvalue weighted by Crippen LogP contribution is 2.57. The molecule has 13 aromatic carbocycles. The van der Waals surface area contributed by atoms with Crippen LogP contribution >= 0.6 is 11.3 Å². The fraction of sp³-hybridized carbons (Fsp3) is 0.0128. The van der Waals surface area contributed by atoms with Crippen LogP contribution in [0.3, 0.4) is 0 Å². The van der Waals surface area contributed by atoms with Crippen molar-refractivity contribution in [1.82, 2.24) is 19.5 Å². The van der Waals surface area contributed by atoms with Crippen LogP contribution in [0.4, 0.5) is 0 Å². The first-order valence-corrected chi connectivity index (χ1v) is 29.1. The molecule has 3 aromatic heterocycles. The minimum Gasteiger partial charge on any atom is -0.308 e. The lowest BCUT2D eigenvalue weighted by molar-refractivity contribution is 0.768. The van der Waals surface area contributed by atoms with Gasteiger partial charge in [0.2, 0.25) is 0 Å². The number of hydrogen-bond donors (Lipinski definition) is 0. The average molecular weight is 1070 g/mol. The smallest absolute Gasteiger partial charge is 0.164 e. The third-order valence-corrected chi connectivity index (χ3v) is 18.5. The Morgan fingerprint density at radius 2 is 0.867 bits per heavy atom. The van der Waals surface area contributed by atoms with E-state index in [0.717, 1.165) is 32.5 Å². The molecule has 0 saturated carbocycles. The van der Waals surface area contributed by atoms with E-state index < -0.39 is 5.41 Å². The van der Waals surface area contributed by atoms with Crippen molar-refractivity contribution in [3.05, 3.63) is 313 Å². The van der Waals surface area contributed by atoms with Crippen LogP contribution in [-0.2, 0) is 5.41 Å². The van der Waals surface area contributed by atoms with Gasteiger partial charge in [0.15, 0.2) is 17.5 Å². The summed E-state index contributed by atoms with van der Waals surface area (Å²) in [7, 11) is 0. The van der Waals surface area contributed by atoms with E-state index in [-0.39, 0.29) is 0 Å². The minimum absolute atomic E-state index is 0.514. The van der Waals surface area contributed by atoms with Crippen LogP contribution in [-0.4, -0.2) is 19.5 Å². The van der Waals surface area contributed by atoms with Crippen molar-refractivity contribution in [2.45, 2.75) is 5.41 Å². The fourth-order valence-corrected chi connectivity index (χ4v) is 14.8. The summed E-state index contributed by atoms with van der Waals surface area (Å²) in [6.45, 7) is 0. The number of thiophene rings is 1. The van der Waals surface area contributed by atoms with Gasteiger partial charge in [-0.05, 0) is 120 Å². The molecule has 0 aliphatic heterocycles. The second-order valence-electron chi connectivity index (χ2n) is 21.8. The molecule has 0 bridgehead atoms. The summed E-state index contributed by atoms with van der Waals surface area (Å²) >= 11 is 1.83. The monoisotopic (exact) mass is 1070 g/mol. The van der Waals surface area contributed by atoms with E-state index in [1.807, 2.05) is 11.3 Å². The third-order valence-electron chi connectivity index (χ3n) is 17.3. The zero-order valence-electron chi connectivity index (χ0n) is 44.9. The highest BCUT2D eigenvalue weighted by atomic mass is 32.1. The molecule has 0 atom stereocenters. The molecular formula is C78H48N4S.